The number of rotatable bonds is 13. The van der Waals surface area contributed by atoms with Gasteiger partial charge in [-0.3, -0.25) is 13.9 Å². The highest BCUT2D eigenvalue weighted by Gasteiger charge is 2.36. The number of anilines is 1. The van der Waals surface area contributed by atoms with Gasteiger partial charge in [0.2, 0.25) is 21.8 Å². The molecule has 0 radical (unpaired) electrons. The molecular weight excluding hydrogens is 543 g/mol. The van der Waals surface area contributed by atoms with E-state index < -0.39 is 45.3 Å². The van der Waals surface area contributed by atoms with Gasteiger partial charge in [0.05, 0.1) is 22.5 Å². The predicted octanol–water partition coefficient (Wildman–Crippen LogP) is 4.89. The molecule has 0 fully saturated rings. The number of amides is 2. The average molecular weight is 576 g/mol. The third-order valence-electron chi connectivity index (χ3n) is 5.92. The largest absolute Gasteiger partial charge is 0.417 e. The Morgan fingerprint density at radius 3 is 2.29 bits per heavy atom. The van der Waals surface area contributed by atoms with Gasteiger partial charge in [-0.15, -0.1) is 0 Å². The van der Waals surface area contributed by atoms with Gasteiger partial charge >= 0.3 is 6.18 Å². The van der Waals surface area contributed by atoms with Crippen molar-refractivity contribution in [2.45, 2.75) is 51.7 Å². The number of hydrogen-bond donors (Lipinski definition) is 1. The summed E-state index contributed by atoms with van der Waals surface area (Å²) in [7, 11) is -4.18. The maximum Gasteiger partial charge on any atom is 0.417 e. The van der Waals surface area contributed by atoms with Gasteiger partial charge in [0.1, 0.15) is 12.6 Å². The first kappa shape index (κ1) is 31.4. The van der Waals surface area contributed by atoms with Crippen molar-refractivity contribution in [1.82, 2.24) is 10.2 Å². The Balaban J connectivity index is 2.42. The second kappa shape index (κ2) is 13.8. The van der Waals surface area contributed by atoms with Crippen molar-refractivity contribution in [2.75, 3.05) is 30.2 Å². The van der Waals surface area contributed by atoms with Crippen LogP contribution in [0.25, 0.3) is 0 Å². The quantitative estimate of drug-likeness (QED) is 0.345. The molecule has 38 heavy (non-hydrogen) atoms. The van der Waals surface area contributed by atoms with E-state index in [2.05, 4.69) is 5.32 Å². The summed E-state index contributed by atoms with van der Waals surface area (Å²) in [6, 6.07) is 11.0. The van der Waals surface area contributed by atoms with Crippen LogP contribution in [0, 0.1) is 0 Å². The zero-order chi connectivity index (χ0) is 28.5. The molecule has 0 aromatic heterocycles. The molecule has 0 aliphatic rings. The molecule has 0 saturated carbocycles. The average Bonchev–Trinajstić information content (AvgIpc) is 2.84. The van der Waals surface area contributed by atoms with E-state index in [1.165, 1.54) is 4.90 Å². The predicted molar refractivity (Wildman–Crippen MR) is 142 cm³/mol. The van der Waals surface area contributed by atoms with Gasteiger partial charge in [-0.05, 0) is 43.0 Å². The lowest BCUT2D eigenvalue weighted by Crippen LogP contribution is -2.53. The van der Waals surface area contributed by atoms with Crippen LogP contribution in [-0.2, 0) is 32.2 Å². The maximum absolute atomic E-state index is 13.6. The van der Waals surface area contributed by atoms with E-state index in [9.17, 15) is 31.2 Å². The summed E-state index contributed by atoms with van der Waals surface area (Å²) in [5, 5.41) is 2.21. The first-order chi connectivity index (χ1) is 17.8. The molecule has 2 aromatic rings. The standard InChI is InChI=1S/C26H33ClF3N3O4S/c1-4-6-15-31-25(35)23(5-2)32(16-14-19-10-8-7-9-11-19)24(34)18-33(38(3,36)37)20-12-13-22(27)21(17-20)26(28,29)30/h7-13,17,23H,4-6,14-16,18H2,1-3H3,(H,31,35)/t23-/m0/s1. The van der Waals surface area contributed by atoms with Gasteiger partial charge < -0.3 is 10.2 Å². The number of carbonyl (C=O) groups excluding carboxylic acids is 2. The van der Waals surface area contributed by atoms with Crippen LogP contribution in [0.2, 0.25) is 5.02 Å². The maximum atomic E-state index is 13.6. The number of unbranched alkanes of at least 4 members (excludes halogenated alkanes) is 1. The Labute approximate surface area is 227 Å². The first-order valence-corrected chi connectivity index (χ1v) is 14.5. The minimum Gasteiger partial charge on any atom is -0.354 e. The van der Waals surface area contributed by atoms with E-state index in [-0.39, 0.29) is 24.6 Å². The highest BCUT2D eigenvalue weighted by molar-refractivity contribution is 7.92. The molecule has 0 bridgehead atoms. The molecule has 2 aromatic carbocycles. The summed E-state index contributed by atoms with van der Waals surface area (Å²) in [4.78, 5) is 27.8. The van der Waals surface area contributed by atoms with Gasteiger partial charge in [-0.25, -0.2) is 8.42 Å². The fraction of sp³-hybridized carbons (Fsp3) is 0.462. The second-order valence-corrected chi connectivity index (χ2v) is 11.1. The Bertz CT molecular complexity index is 1190. The topological polar surface area (TPSA) is 86.8 Å². The van der Waals surface area contributed by atoms with Crippen LogP contribution < -0.4 is 9.62 Å². The van der Waals surface area contributed by atoms with Gasteiger partial charge in [-0.2, -0.15) is 13.2 Å². The van der Waals surface area contributed by atoms with Crippen LogP contribution in [0.3, 0.4) is 0 Å². The number of hydrogen-bond acceptors (Lipinski definition) is 4. The number of alkyl halides is 3. The van der Waals surface area contributed by atoms with Gasteiger partial charge in [-0.1, -0.05) is 62.2 Å². The van der Waals surface area contributed by atoms with Crippen molar-refractivity contribution < 1.29 is 31.2 Å². The van der Waals surface area contributed by atoms with Crippen LogP contribution in [0.4, 0.5) is 18.9 Å². The zero-order valence-corrected chi connectivity index (χ0v) is 23.2. The number of nitrogens with one attached hydrogen (secondary N) is 1. The van der Waals surface area contributed by atoms with Crippen molar-refractivity contribution in [3.63, 3.8) is 0 Å². The van der Waals surface area contributed by atoms with Crippen LogP contribution in [-0.4, -0.2) is 57.1 Å². The molecule has 210 valence electrons. The molecule has 0 unspecified atom stereocenters. The van der Waals surface area contributed by atoms with E-state index in [0.29, 0.717) is 23.3 Å². The molecule has 0 saturated heterocycles. The molecule has 0 aliphatic heterocycles. The zero-order valence-electron chi connectivity index (χ0n) is 21.6. The molecular formula is C26H33ClF3N3O4S. The Kier molecular flexibility index (Phi) is 11.4. The van der Waals surface area contributed by atoms with E-state index in [1.807, 2.05) is 37.3 Å². The lowest BCUT2D eigenvalue weighted by Gasteiger charge is -2.33. The van der Waals surface area contributed by atoms with Crippen LogP contribution in [0.1, 0.15) is 44.2 Å². The van der Waals surface area contributed by atoms with Crippen molar-refractivity contribution >= 4 is 39.1 Å². The van der Waals surface area contributed by atoms with E-state index in [1.54, 1.807) is 6.92 Å². The molecule has 0 heterocycles. The number of halogens is 4. The molecule has 1 N–H and O–H groups in total. The van der Waals surface area contributed by atoms with Crippen LogP contribution in [0.5, 0.6) is 0 Å². The third-order valence-corrected chi connectivity index (χ3v) is 7.39. The van der Waals surface area contributed by atoms with Crippen LogP contribution in [0.15, 0.2) is 48.5 Å². The van der Waals surface area contributed by atoms with E-state index in [0.717, 1.165) is 36.8 Å². The summed E-state index contributed by atoms with van der Waals surface area (Å²) in [5.41, 5.74) is -0.680. The fourth-order valence-corrected chi connectivity index (χ4v) is 4.97. The Morgan fingerprint density at radius 1 is 1.08 bits per heavy atom. The summed E-state index contributed by atoms with van der Waals surface area (Å²) in [6.07, 6.45) is -1.77. The van der Waals surface area contributed by atoms with Gasteiger partial charge in [0, 0.05) is 13.1 Å². The Hall–Kier alpha value is -2.79. The summed E-state index contributed by atoms with van der Waals surface area (Å²) >= 11 is 5.70. The molecule has 0 aliphatic carbocycles. The molecule has 7 nitrogen and oxygen atoms in total. The monoisotopic (exact) mass is 575 g/mol. The van der Waals surface area contributed by atoms with Gasteiger partial charge in [0.15, 0.2) is 0 Å². The lowest BCUT2D eigenvalue weighted by molar-refractivity contribution is -0.139. The van der Waals surface area contributed by atoms with E-state index in [4.69, 9.17) is 11.6 Å². The summed E-state index contributed by atoms with van der Waals surface area (Å²) < 4.78 is 66.2. The smallest absolute Gasteiger partial charge is 0.354 e. The normalized spacial score (nSPS) is 12.6. The number of sulfonamides is 1. The SMILES string of the molecule is CCCCNC(=O)[C@H](CC)N(CCc1ccccc1)C(=O)CN(c1ccc(Cl)c(C(F)(F)F)c1)S(C)(=O)=O. The number of nitrogens with zero attached hydrogens (tertiary/aromatic N) is 2. The minimum atomic E-state index is -4.83. The van der Waals surface area contributed by atoms with Crippen molar-refractivity contribution in [3.8, 4) is 0 Å². The second-order valence-electron chi connectivity index (χ2n) is 8.82. The van der Waals surface area contributed by atoms with Crippen molar-refractivity contribution in [3.05, 3.63) is 64.7 Å². The molecule has 2 rings (SSSR count). The highest BCUT2D eigenvalue weighted by Crippen LogP contribution is 2.37. The molecule has 2 amide bonds. The van der Waals surface area contributed by atoms with E-state index >= 15 is 0 Å². The van der Waals surface area contributed by atoms with Gasteiger partial charge in [0.25, 0.3) is 0 Å². The third kappa shape index (κ3) is 8.90. The molecule has 12 heteroatoms. The van der Waals surface area contributed by atoms with Crippen molar-refractivity contribution in [2.24, 2.45) is 0 Å². The van der Waals surface area contributed by atoms with Crippen LogP contribution >= 0.6 is 11.6 Å². The first-order valence-electron chi connectivity index (χ1n) is 12.2. The van der Waals surface area contributed by atoms with Crippen molar-refractivity contribution in [1.29, 1.82) is 0 Å². The fourth-order valence-electron chi connectivity index (χ4n) is 3.90. The number of carbonyl (C=O) groups is 2. The summed E-state index contributed by atoms with van der Waals surface area (Å²) in [6.45, 7) is 3.45. The Morgan fingerprint density at radius 2 is 1.74 bits per heavy atom. The molecule has 1 atom stereocenters. The number of benzene rings is 2. The lowest BCUT2D eigenvalue weighted by atomic mass is 10.1. The molecule has 0 spiro atoms. The highest BCUT2D eigenvalue weighted by atomic mass is 35.5. The minimum absolute atomic E-state index is 0.106. The summed E-state index contributed by atoms with van der Waals surface area (Å²) in [5.74, 6) is -1.09.